The molecule has 2 N–H and O–H groups in total. The lowest BCUT2D eigenvalue weighted by Gasteiger charge is -2.12. The summed E-state index contributed by atoms with van der Waals surface area (Å²) in [6.45, 7) is 2.13. The summed E-state index contributed by atoms with van der Waals surface area (Å²) in [4.78, 5) is 0.182. The lowest BCUT2D eigenvalue weighted by molar-refractivity contribution is 0.599. The molecule has 0 atom stereocenters. The van der Waals surface area contributed by atoms with Gasteiger partial charge in [0.25, 0.3) is 10.0 Å². The fourth-order valence-corrected chi connectivity index (χ4v) is 3.39. The van der Waals surface area contributed by atoms with E-state index in [9.17, 15) is 12.8 Å². The summed E-state index contributed by atoms with van der Waals surface area (Å²) in [6.07, 6.45) is 0. The minimum absolute atomic E-state index is 0.182. The summed E-state index contributed by atoms with van der Waals surface area (Å²) >= 11 is 0. The summed E-state index contributed by atoms with van der Waals surface area (Å²) in [7, 11) is -2.01. The molecule has 0 saturated heterocycles. The topological polar surface area (TPSA) is 58.2 Å². The predicted octanol–water partition coefficient (Wildman–Crippen LogP) is 2.65. The standard InChI is InChI=1S/C15H17FN2O2S/c1-11-7-13(16)9-14(8-11)18-21(19,20)15-6-4-3-5-12(15)10-17-2/h3-9,17-18H,10H2,1-2H3. The molecule has 2 rings (SSSR count). The van der Waals surface area contributed by atoms with Crippen LogP contribution in [0.2, 0.25) is 0 Å². The van der Waals surface area contributed by atoms with E-state index >= 15 is 0 Å². The molecule has 0 amide bonds. The third kappa shape index (κ3) is 3.80. The van der Waals surface area contributed by atoms with Crippen LogP contribution in [0, 0.1) is 12.7 Å². The first kappa shape index (κ1) is 15.5. The Labute approximate surface area is 124 Å². The minimum Gasteiger partial charge on any atom is -0.316 e. The number of nitrogens with one attached hydrogen (secondary N) is 2. The number of halogens is 1. The van der Waals surface area contributed by atoms with E-state index < -0.39 is 15.8 Å². The fraction of sp³-hybridized carbons (Fsp3) is 0.200. The largest absolute Gasteiger partial charge is 0.316 e. The maximum absolute atomic E-state index is 13.4. The van der Waals surface area contributed by atoms with E-state index in [0.717, 1.165) is 6.07 Å². The quantitative estimate of drug-likeness (QED) is 0.893. The van der Waals surface area contributed by atoms with E-state index in [4.69, 9.17) is 0 Å². The van der Waals surface area contributed by atoms with Crippen molar-refractivity contribution in [2.75, 3.05) is 11.8 Å². The van der Waals surface area contributed by atoms with Crippen LogP contribution >= 0.6 is 0 Å². The number of hydrogen-bond acceptors (Lipinski definition) is 3. The highest BCUT2D eigenvalue weighted by Gasteiger charge is 2.18. The van der Waals surface area contributed by atoms with Crippen LogP contribution in [0.4, 0.5) is 10.1 Å². The molecular formula is C15H17FN2O2S. The molecule has 0 unspecified atom stereocenters. The molecule has 2 aromatic rings. The summed E-state index contributed by atoms with van der Waals surface area (Å²) in [5, 5.41) is 2.93. The van der Waals surface area contributed by atoms with Gasteiger partial charge >= 0.3 is 0 Å². The zero-order valence-electron chi connectivity index (χ0n) is 11.9. The predicted molar refractivity (Wildman–Crippen MR) is 81.2 cm³/mol. The van der Waals surface area contributed by atoms with E-state index in [0.29, 0.717) is 17.7 Å². The molecule has 4 nitrogen and oxygen atoms in total. The Hall–Kier alpha value is -1.92. The Bertz CT molecular complexity index is 725. The van der Waals surface area contributed by atoms with Crippen molar-refractivity contribution in [3.05, 3.63) is 59.4 Å². The zero-order valence-corrected chi connectivity index (χ0v) is 12.7. The fourth-order valence-electron chi connectivity index (χ4n) is 2.11. The van der Waals surface area contributed by atoms with Crippen LogP contribution in [-0.4, -0.2) is 15.5 Å². The van der Waals surface area contributed by atoms with Crippen LogP contribution in [0.3, 0.4) is 0 Å². The van der Waals surface area contributed by atoms with E-state index in [1.54, 1.807) is 38.2 Å². The monoisotopic (exact) mass is 308 g/mol. The molecule has 0 saturated carbocycles. The Kier molecular flexibility index (Phi) is 4.59. The van der Waals surface area contributed by atoms with Crippen LogP contribution in [-0.2, 0) is 16.6 Å². The molecule has 0 aromatic heterocycles. The molecule has 0 radical (unpaired) electrons. The molecule has 2 aromatic carbocycles. The number of benzene rings is 2. The van der Waals surface area contributed by atoms with Gasteiger partial charge in [0.2, 0.25) is 0 Å². The highest BCUT2D eigenvalue weighted by atomic mass is 32.2. The molecule has 6 heteroatoms. The van der Waals surface area contributed by atoms with Crippen molar-refractivity contribution in [3.8, 4) is 0 Å². The second-order valence-electron chi connectivity index (χ2n) is 4.76. The van der Waals surface area contributed by atoms with Crippen molar-refractivity contribution in [3.63, 3.8) is 0 Å². The van der Waals surface area contributed by atoms with Crippen LogP contribution in [0.25, 0.3) is 0 Å². The van der Waals surface area contributed by atoms with Crippen molar-refractivity contribution in [2.24, 2.45) is 0 Å². The molecule has 21 heavy (non-hydrogen) atoms. The second-order valence-corrected chi connectivity index (χ2v) is 6.41. The van der Waals surface area contributed by atoms with E-state index in [1.165, 1.54) is 12.1 Å². The van der Waals surface area contributed by atoms with Gasteiger partial charge < -0.3 is 5.32 Å². The SMILES string of the molecule is CNCc1ccccc1S(=O)(=O)Nc1cc(C)cc(F)c1. The van der Waals surface area contributed by atoms with Crippen molar-refractivity contribution in [1.29, 1.82) is 0 Å². The third-order valence-corrected chi connectivity index (χ3v) is 4.41. The lowest BCUT2D eigenvalue weighted by atomic mass is 10.2. The van der Waals surface area contributed by atoms with Crippen molar-refractivity contribution < 1.29 is 12.8 Å². The molecule has 0 heterocycles. The number of hydrogen-bond donors (Lipinski definition) is 2. The average molecular weight is 308 g/mol. The van der Waals surface area contributed by atoms with E-state index in [-0.39, 0.29) is 10.6 Å². The summed E-state index contributed by atoms with van der Waals surface area (Å²) in [5.41, 5.74) is 1.52. The normalized spacial score (nSPS) is 11.4. The zero-order chi connectivity index (χ0) is 15.5. The first-order valence-corrected chi connectivity index (χ1v) is 7.93. The molecule has 0 spiro atoms. The summed E-state index contributed by atoms with van der Waals surface area (Å²) in [5.74, 6) is -0.476. The van der Waals surface area contributed by atoms with E-state index in [1.807, 2.05) is 0 Å². The molecular weight excluding hydrogens is 291 g/mol. The molecule has 0 aliphatic rings. The minimum atomic E-state index is -3.76. The van der Waals surface area contributed by atoms with Gasteiger partial charge in [-0.15, -0.1) is 0 Å². The van der Waals surface area contributed by atoms with Gasteiger partial charge in [-0.2, -0.15) is 0 Å². The highest BCUT2D eigenvalue weighted by molar-refractivity contribution is 7.92. The third-order valence-electron chi connectivity index (χ3n) is 2.92. The van der Waals surface area contributed by atoms with Crippen LogP contribution in [0.15, 0.2) is 47.4 Å². The van der Waals surface area contributed by atoms with Gasteiger partial charge in [-0.3, -0.25) is 4.72 Å². The molecule has 0 bridgehead atoms. The lowest BCUT2D eigenvalue weighted by Crippen LogP contribution is -2.17. The first-order valence-electron chi connectivity index (χ1n) is 6.45. The maximum atomic E-state index is 13.4. The Morgan fingerprint density at radius 2 is 1.86 bits per heavy atom. The number of anilines is 1. The average Bonchev–Trinajstić information content (AvgIpc) is 2.37. The molecule has 0 aliphatic heterocycles. The molecule has 0 aliphatic carbocycles. The van der Waals surface area contributed by atoms with Gasteiger partial charge in [0.05, 0.1) is 10.6 Å². The number of aryl methyl sites for hydroxylation is 1. The molecule has 0 fully saturated rings. The van der Waals surface area contributed by atoms with Gasteiger partial charge in [-0.25, -0.2) is 12.8 Å². The summed E-state index contributed by atoms with van der Waals surface area (Å²) < 4.78 is 40.7. The van der Waals surface area contributed by atoms with Crippen LogP contribution < -0.4 is 10.0 Å². The highest BCUT2D eigenvalue weighted by Crippen LogP contribution is 2.21. The number of sulfonamides is 1. The van der Waals surface area contributed by atoms with Crippen molar-refractivity contribution in [2.45, 2.75) is 18.4 Å². The summed E-state index contributed by atoms with van der Waals surface area (Å²) in [6, 6.07) is 10.8. The Morgan fingerprint density at radius 3 is 2.52 bits per heavy atom. The van der Waals surface area contributed by atoms with E-state index in [2.05, 4.69) is 10.0 Å². The van der Waals surface area contributed by atoms with Gasteiger partial charge in [0, 0.05) is 6.54 Å². The van der Waals surface area contributed by atoms with Gasteiger partial charge in [0.1, 0.15) is 5.82 Å². The second kappa shape index (κ2) is 6.24. The number of rotatable bonds is 5. The maximum Gasteiger partial charge on any atom is 0.262 e. The van der Waals surface area contributed by atoms with Crippen LogP contribution in [0.5, 0.6) is 0 Å². The van der Waals surface area contributed by atoms with Gasteiger partial charge in [-0.1, -0.05) is 18.2 Å². The first-order chi connectivity index (χ1) is 9.92. The van der Waals surface area contributed by atoms with Gasteiger partial charge in [0.15, 0.2) is 0 Å². The van der Waals surface area contributed by atoms with Crippen molar-refractivity contribution >= 4 is 15.7 Å². The van der Waals surface area contributed by atoms with Crippen molar-refractivity contribution in [1.82, 2.24) is 5.32 Å². The van der Waals surface area contributed by atoms with Gasteiger partial charge in [-0.05, 0) is 49.4 Å². The Morgan fingerprint density at radius 1 is 1.14 bits per heavy atom. The molecule has 112 valence electrons. The van der Waals surface area contributed by atoms with Crippen LogP contribution in [0.1, 0.15) is 11.1 Å². The Balaban J connectivity index is 2.38. The smallest absolute Gasteiger partial charge is 0.262 e.